The fraction of sp³-hybridized carbons (Fsp3) is 0.208. The number of rotatable bonds is 5. The van der Waals surface area contributed by atoms with Crippen LogP contribution in [-0.4, -0.2) is 45.0 Å². The molecule has 1 aliphatic rings. The Morgan fingerprint density at radius 2 is 1.36 bits per heavy atom. The first kappa shape index (κ1) is 23.2. The van der Waals surface area contributed by atoms with Gasteiger partial charge in [-0.2, -0.15) is 12.7 Å². The summed E-state index contributed by atoms with van der Waals surface area (Å²) in [5, 5.41) is 0. The van der Waals surface area contributed by atoms with Gasteiger partial charge in [0.15, 0.2) is 0 Å². The van der Waals surface area contributed by atoms with Crippen molar-refractivity contribution in [3.05, 3.63) is 96.1 Å². The van der Waals surface area contributed by atoms with Gasteiger partial charge in [0.05, 0.1) is 9.79 Å². The van der Waals surface area contributed by atoms with Gasteiger partial charge in [0.1, 0.15) is 12.0 Å². The van der Waals surface area contributed by atoms with Crippen molar-refractivity contribution in [1.29, 1.82) is 0 Å². The molecule has 0 bridgehead atoms. The van der Waals surface area contributed by atoms with E-state index in [2.05, 4.69) is 4.40 Å². The summed E-state index contributed by atoms with van der Waals surface area (Å²) in [7, 11) is -7.76. The van der Waals surface area contributed by atoms with Crippen LogP contribution in [0.3, 0.4) is 0 Å². The van der Waals surface area contributed by atoms with Gasteiger partial charge >= 0.3 is 0 Å². The SMILES string of the molecule is C/C(=N/S(=O)(=O)c1ccc(C)cc1)N1CCN(S(=O)(=O)c2ccccc2)C1c1ccccc1. The molecule has 0 aliphatic carbocycles. The summed E-state index contributed by atoms with van der Waals surface area (Å²) >= 11 is 0. The minimum Gasteiger partial charge on any atom is -0.337 e. The molecular weight excluding hydrogens is 458 g/mol. The highest BCUT2D eigenvalue weighted by Gasteiger charge is 2.42. The normalized spacial score (nSPS) is 17.9. The van der Waals surface area contributed by atoms with E-state index in [4.69, 9.17) is 0 Å². The standard InChI is InChI=1S/C24H25N3O4S2/c1-19-13-15-22(16-14-19)32(28,29)25-20(2)26-17-18-27(24(26)21-9-5-3-6-10-21)33(30,31)23-11-7-4-8-12-23/h3-16,24H,17-18H2,1-2H3/b25-20-. The van der Waals surface area contributed by atoms with Crippen molar-refractivity contribution in [2.24, 2.45) is 4.40 Å². The molecule has 0 N–H and O–H groups in total. The zero-order valence-corrected chi connectivity index (χ0v) is 20.0. The van der Waals surface area contributed by atoms with Gasteiger partial charge in [-0.1, -0.05) is 66.2 Å². The van der Waals surface area contributed by atoms with Gasteiger partial charge in [-0.05, 0) is 43.7 Å². The molecule has 0 spiro atoms. The highest BCUT2D eigenvalue weighted by molar-refractivity contribution is 7.90. The zero-order chi connectivity index (χ0) is 23.6. The summed E-state index contributed by atoms with van der Waals surface area (Å²) in [6.07, 6.45) is -0.714. The van der Waals surface area contributed by atoms with Crippen LogP contribution in [0.1, 0.15) is 24.2 Å². The van der Waals surface area contributed by atoms with Gasteiger partial charge < -0.3 is 4.90 Å². The monoisotopic (exact) mass is 483 g/mol. The van der Waals surface area contributed by atoms with Gasteiger partial charge in [0.25, 0.3) is 10.0 Å². The van der Waals surface area contributed by atoms with E-state index in [-0.39, 0.29) is 22.2 Å². The number of benzene rings is 3. The molecule has 0 aromatic heterocycles. The van der Waals surface area contributed by atoms with E-state index < -0.39 is 26.2 Å². The summed E-state index contributed by atoms with van der Waals surface area (Å²) in [5.74, 6) is 0.232. The van der Waals surface area contributed by atoms with E-state index in [1.807, 2.05) is 37.3 Å². The lowest BCUT2D eigenvalue weighted by Crippen LogP contribution is -2.37. The first-order valence-electron chi connectivity index (χ1n) is 10.5. The van der Waals surface area contributed by atoms with Crippen molar-refractivity contribution in [3.8, 4) is 0 Å². The molecular formula is C24H25N3O4S2. The Morgan fingerprint density at radius 3 is 1.97 bits per heavy atom. The third-order valence-electron chi connectivity index (χ3n) is 5.56. The van der Waals surface area contributed by atoms with E-state index in [1.165, 1.54) is 16.4 Å². The lowest BCUT2D eigenvalue weighted by atomic mass is 10.1. The fourth-order valence-electron chi connectivity index (χ4n) is 3.89. The van der Waals surface area contributed by atoms with E-state index in [1.54, 1.807) is 54.3 Å². The third kappa shape index (κ3) is 4.71. The van der Waals surface area contributed by atoms with Crippen molar-refractivity contribution in [3.63, 3.8) is 0 Å². The van der Waals surface area contributed by atoms with Crippen LogP contribution in [-0.2, 0) is 20.0 Å². The first-order chi connectivity index (χ1) is 15.7. The molecule has 3 aromatic carbocycles. The van der Waals surface area contributed by atoms with Crippen LogP contribution in [0.4, 0.5) is 0 Å². The minimum atomic E-state index is -3.95. The molecule has 1 heterocycles. The van der Waals surface area contributed by atoms with Gasteiger partial charge in [0, 0.05) is 13.1 Å². The minimum absolute atomic E-state index is 0.0941. The van der Waals surface area contributed by atoms with Crippen LogP contribution in [0.5, 0.6) is 0 Å². The van der Waals surface area contributed by atoms with E-state index in [9.17, 15) is 16.8 Å². The lowest BCUT2D eigenvalue weighted by Gasteiger charge is -2.31. The molecule has 4 rings (SSSR count). The molecule has 1 fully saturated rings. The van der Waals surface area contributed by atoms with Gasteiger partial charge in [-0.25, -0.2) is 8.42 Å². The van der Waals surface area contributed by atoms with Crippen molar-refractivity contribution < 1.29 is 16.8 Å². The van der Waals surface area contributed by atoms with Crippen molar-refractivity contribution >= 4 is 25.9 Å². The quantitative estimate of drug-likeness (QED) is 0.407. The molecule has 1 aliphatic heterocycles. The van der Waals surface area contributed by atoms with Gasteiger partial charge in [0.2, 0.25) is 10.0 Å². The maximum absolute atomic E-state index is 13.5. The van der Waals surface area contributed by atoms with Gasteiger partial charge in [-0.15, -0.1) is 4.40 Å². The Kier molecular flexibility index (Phi) is 6.38. The summed E-state index contributed by atoms with van der Waals surface area (Å²) < 4.78 is 58.2. The molecule has 9 heteroatoms. The van der Waals surface area contributed by atoms with Crippen LogP contribution in [0.25, 0.3) is 0 Å². The topological polar surface area (TPSA) is 87.1 Å². The second-order valence-electron chi connectivity index (χ2n) is 7.83. The van der Waals surface area contributed by atoms with Gasteiger partial charge in [-0.3, -0.25) is 0 Å². The predicted octanol–water partition coefficient (Wildman–Crippen LogP) is 3.81. The smallest absolute Gasteiger partial charge is 0.283 e. The van der Waals surface area contributed by atoms with Crippen molar-refractivity contribution in [1.82, 2.24) is 9.21 Å². The molecule has 33 heavy (non-hydrogen) atoms. The largest absolute Gasteiger partial charge is 0.337 e. The maximum Gasteiger partial charge on any atom is 0.283 e. The van der Waals surface area contributed by atoms with Crippen LogP contribution >= 0.6 is 0 Å². The van der Waals surface area contributed by atoms with Crippen molar-refractivity contribution in [2.75, 3.05) is 13.1 Å². The number of hydrogen-bond acceptors (Lipinski definition) is 4. The molecule has 0 radical (unpaired) electrons. The maximum atomic E-state index is 13.5. The summed E-state index contributed by atoms with van der Waals surface area (Å²) in [4.78, 5) is 2.01. The number of hydrogen-bond donors (Lipinski definition) is 0. The third-order valence-corrected chi connectivity index (χ3v) is 8.80. The van der Waals surface area contributed by atoms with Crippen LogP contribution < -0.4 is 0 Å². The number of sulfonamides is 2. The molecule has 0 amide bonds. The fourth-order valence-corrected chi connectivity index (χ4v) is 6.52. The molecule has 172 valence electrons. The van der Waals surface area contributed by atoms with E-state index in [0.717, 1.165) is 11.1 Å². The Hall–Kier alpha value is -3.01. The number of aryl methyl sites for hydroxylation is 1. The summed E-state index contributed by atoms with van der Waals surface area (Å²) in [5.41, 5.74) is 1.68. The van der Waals surface area contributed by atoms with Crippen LogP contribution in [0, 0.1) is 6.92 Å². The molecule has 3 aromatic rings. The second-order valence-corrected chi connectivity index (χ2v) is 11.3. The first-order valence-corrected chi connectivity index (χ1v) is 13.3. The van der Waals surface area contributed by atoms with E-state index >= 15 is 0 Å². The average molecular weight is 484 g/mol. The highest BCUT2D eigenvalue weighted by Crippen LogP contribution is 2.35. The number of nitrogens with zero attached hydrogens (tertiary/aromatic N) is 3. The molecule has 1 unspecified atom stereocenters. The molecule has 1 atom stereocenters. The highest BCUT2D eigenvalue weighted by atomic mass is 32.2. The van der Waals surface area contributed by atoms with E-state index in [0.29, 0.717) is 6.54 Å². The molecule has 0 saturated carbocycles. The average Bonchev–Trinajstić information content (AvgIpc) is 3.27. The summed E-state index contributed by atoms with van der Waals surface area (Å²) in [6, 6.07) is 23.9. The predicted molar refractivity (Wildman–Crippen MR) is 128 cm³/mol. The zero-order valence-electron chi connectivity index (χ0n) is 18.4. The number of amidine groups is 1. The van der Waals surface area contributed by atoms with Crippen LogP contribution in [0.15, 0.2) is 99.1 Å². The molecule has 7 nitrogen and oxygen atoms in total. The molecule has 1 saturated heterocycles. The Morgan fingerprint density at radius 1 is 0.788 bits per heavy atom. The lowest BCUT2D eigenvalue weighted by molar-refractivity contribution is 0.284. The Bertz CT molecular complexity index is 1360. The van der Waals surface area contributed by atoms with Crippen molar-refractivity contribution in [2.45, 2.75) is 29.8 Å². The Balaban J connectivity index is 1.75. The van der Waals surface area contributed by atoms with Crippen LogP contribution in [0.2, 0.25) is 0 Å². The Labute approximate surface area is 195 Å². The summed E-state index contributed by atoms with van der Waals surface area (Å²) in [6.45, 7) is 3.99. The second kappa shape index (κ2) is 9.09.